The van der Waals surface area contributed by atoms with E-state index in [0.717, 1.165) is 28.2 Å². The largest absolute Gasteiger partial charge is 0.292 e. The number of hydrogen-bond donors (Lipinski definition) is 0. The second-order valence-electron chi connectivity index (χ2n) is 7.20. The zero-order chi connectivity index (χ0) is 20.7. The number of hydrogen-bond acceptors (Lipinski definition) is 6. The van der Waals surface area contributed by atoms with Crippen LogP contribution in [0.5, 0.6) is 0 Å². The molecule has 0 saturated heterocycles. The molecule has 1 spiro atoms. The van der Waals surface area contributed by atoms with Crippen molar-refractivity contribution >= 4 is 39.7 Å². The molecule has 0 amide bonds. The molecule has 6 heteroatoms. The minimum absolute atomic E-state index is 0.0606. The maximum absolute atomic E-state index is 12.4. The minimum Gasteiger partial charge on any atom is -0.292 e. The van der Waals surface area contributed by atoms with Gasteiger partial charge in [-0.1, -0.05) is 60.7 Å². The fourth-order valence-corrected chi connectivity index (χ4v) is 5.16. The Labute approximate surface area is 179 Å². The summed E-state index contributed by atoms with van der Waals surface area (Å²) in [5.74, 6) is -0.0606. The number of rotatable bonds is 3. The topological polar surface area (TPSA) is 48.3 Å². The van der Waals surface area contributed by atoms with Crippen LogP contribution in [-0.4, -0.2) is 16.5 Å². The average Bonchev–Trinajstić information content (AvgIpc) is 3.19. The van der Waals surface area contributed by atoms with Gasteiger partial charge in [0.1, 0.15) is 0 Å². The summed E-state index contributed by atoms with van der Waals surface area (Å²) < 4.78 is 0. The van der Waals surface area contributed by atoms with Crippen molar-refractivity contribution in [3.63, 3.8) is 0 Å². The number of thioether (sulfide) groups is 1. The summed E-state index contributed by atoms with van der Waals surface area (Å²) in [7, 11) is 0. The number of anilines is 2. The molecule has 0 N–H and O–H groups in total. The first-order valence-electron chi connectivity index (χ1n) is 9.75. The molecule has 148 valence electrons. The maximum Gasteiger partial charge on any atom is 0.234 e. The second-order valence-corrected chi connectivity index (χ2v) is 8.36. The van der Waals surface area contributed by atoms with Crippen LogP contribution in [0.25, 0.3) is 0 Å². The zero-order valence-electron chi connectivity index (χ0n) is 16.7. The Morgan fingerprint density at radius 1 is 0.800 bits per heavy atom. The normalized spacial score (nSPS) is 20.1. The van der Waals surface area contributed by atoms with Gasteiger partial charge < -0.3 is 0 Å². The number of nitrogens with zero attached hydrogens (tertiary/aromatic N) is 4. The van der Waals surface area contributed by atoms with Crippen LogP contribution in [0.4, 0.5) is 11.4 Å². The fraction of sp³-hybridized carbons (Fsp3) is 0.125. The molecule has 3 aromatic rings. The average molecular weight is 413 g/mol. The smallest absolute Gasteiger partial charge is 0.234 e. The first-order valence-corrected chi connectivity index (χ1v) is 10.6. The van der Waals surface area contributed by atoms with Crippen molar-refractivity contribution in [2.45, 2.75) is 18.8 Å². The summed E-state index contributed by atoms with van der Waals surface area (Å²) in [5.41, 5.74) is 4.85. The Morgan fingerprint density at radius 3 is 1.93 bits per heavy atom. The van der Waals surface area contributed by atoms with E-state index in [9.17, 15) is 4.79 Å². The fourth-order valence-electron chi connectivity index (χ4n) is 3.87. The molecule has 0 aliphatic carbocycles. The predicted molar refractivity (Wildman–Crippen MR) is 124 cm³/mol. The molecule has 1 atom stereocenters. The van der Waals surface area contributed by atoms with Crippen LogP contribution in [0.2, 0.25) is 0 Å². The predicted octanol–water partition coefficient (Wildman–Crippen LogP) is 5.20. The summed E-state index contributed by atoms with van der Waals surface area (Å²) in [6.45, 7) is 3.57. The van der Waals surface area contributed by atoms with E-state index in [1.165, 1.54) is 11.8 Å². The van der Waals surface area contributed by atoms with Crippen LogP contribution < -0.4 is 10.0 Å². The van der Waals surface area contributed by atoms with Crippen LogP contribution in [0, 0.1) is 0 Å². The molecule has 5 rings (SSSR count). The highest BCUT2D eigenvalue weighted by atomic mass is 32.2. The van der Waals surface area contributed by atoms with Gasteiger partial charge in [-0.25, -0.2) is 10.0 Å². The number of carbonyl (C=O) groups excluding carboxylic acids is 1. The van der Waals surface area contributed by atoms with Gasteiger partial charge in [-0.3, -0.25) is 4.79 Å². The Kier molecular flexibility index (Phi) is 4.44. The summed E-state index contributed by atoms with van der Waals surface area (Å²) >= 11 is 1.44. The molecule has 0 bridgehead atoms. The Morgan fingerprint density at radius 2 is 1.33 bits per heavy atom. The van der Waals surface area contributed by atoms with E-state index in [2.05, 4.69) is 12.1 Å². The standard InChI is InChI=1S/C24H20N4OS/c1-17-21-15-9-10-16-22(21)24(27(25-17)19-11-5-3-6-12-19)28(20-13-7-4-8-14-20)26-23(30-24)18(2)29/h3-16H,1-2H3. The van der Waals surface area contributed by atoms with Gasteiger partial charge in [-0.2, -0.15) is 10.2 Å². The summed E-state index contributed by atoms with van der Waals surface area (Å²) in [6.07, 6.45) is 0. The molecular weight excluding hydrogens is 392 g/mol. The molecule has 1 unspecified atom stereocenters. The van der Waals surface area contributed by atoms with E-state index in [1.807, 2.05) is 89.7 Å². The van der Waals surface area contributed by atoms with E-state index in [4.69, 9.17) is 10.2 Å². The van der Waals surface area contributed by atoms with Crippen molar-refractivity contribution in [3.05, 3.63) is 96.1 Å². The first kappa shape index (κ1) is 18.6. The van der Waals surface area contributed by atoms with E-state index >= 15 is 0 Å². The van der Waals surface area contributed by atoms with Crippen LogP contribution >= 0.6 is 11.8 Å². The summed E-state index contributed by atoms with van der Waals surface area (Å²) in [6, 6.07) is 28.2. The van der Waals surface area contributed by atoms with Crippen molar-refractivity contribution in [1.82, 2.24) is 0 Å². The highest BCUT2D eigenvalue weighted by Gasteiger charge is 2.55. The molecule has 2 heterocycles. The molecule has 0 saturated carbocycles. The van der Waals surface area contributed by atoms with Crippen LogP contribution in [0.1, 0.15) is 25.0 Å². The summed E-state index contributed by atoms with van der Waals surface area (Å²) in [4.78, 5) is 11.6. The molecule has 30 heavy (non-hydrogen) atoms. The van der Waals surface area contributed by atoms with Gasteiger partial charge in [-0.15, -0.1) is 0 Å². The SMILES string of the molecule is CC(=O)C1=NN(c2ccccc2)C2(S1)c1ccccc1C(C)=NN2c1ccccc1. The van der Waals surface area contributed by atoms with Gasteiger partial charge in [0.15, 0.2) is 10.8 Å². The quantitative estimate of drug-likeness (QED) is 0.593. The van der Waals surface area contributed by atoms with E-state index in [-0.39, 0.29) is 5.78 Å². The lowest BCUT2D eigenvalue weighted by molar-refractivity contribution is -0.110. The Bertz CT molecular complexity index is 1180. The number of carbonyl (C=O) groups is 1. The van der Waals surface area contributed by atoms with E-state index < -0.39 is 4.99 Å². The third-order valence-electron chi connectivity index (χ3n) is 5.22. The first-order chi connectivity index (χ1) is 14.6. The molecule has 5 nitrogen and oxygen atoms in total. The zero-order valence-corrected chi connectivity index (χ0v) is 17.5. The number of Topliss-reactive ketones (excluding diaryl/α,β-unsaturated/α-hetero) is 1. The van der Waals surface area contributed by atoms with Crippen LogP contribution in [0.3, 0.4) is 0 Å². The molecule has 2 aliphatic heterocycles. The van der Waals surface area contributed by atoms with Gasteiger partial charge in [0.2, 0.25) is 4.99 Å². The lowest BCUT2D eigenvalue weighted by Crippen LogP contribution is -2.53. The third-order valence-corrected chi connectivity index (χ3v) is 6.64. The lowest BCUT2D eigenvalue weighted by atomic mass is 9.98. The van der Waals surface area contributed by atoms with Crippen LogP contribution in [0.15, 0.2) is 95.1 Å². The molecule has 2 aliphatic rings. The highest BCUT2D eigenvalue weighted by molar-refractivity contribution is 8.17. The van der Waals surface area contributed by atoms with Gasteiger partial charge in [0.25, 0.3) is 0 Å². The van der Waals surface area contributed by atoms with Crippen molar-refractivity contribution < 1.29 is 4.79 Å². The van der Waals surface area contributed by atoms with Crippen molar-refractivity contribution in [1.29, 1.82) is 0 Å². The van der Waals surface area contributed by atoms with Gasteiger partial charge in [0, 0.05) is 18.1 Å². The molecular formula is C24H20N4OS. The Balaban J connectivity index is 1.82. The van der Waals surface area contributed by atoms with E-state index in [0.29, 0.717) is 5.04 Å². The Hall–Kier alpha value is -3.38. The number of hydrazone groups is 2. The number of ketones is 1. The molecule has 0 aromatic heterocycles. The highest BCUT2D eigenvalue weighted by Crippen LogP contribution is 2.54. The molecule has 3 aromatic carbocycles. The van der Waals surface area contributed by atoms with Crippen molar-refractivity contribution in [2.24, 2.45) is 10.2 Å². The second kappa shape index (κ2) is 7.15. The maximum atomic E-state index is 12.4. The molecule has 0 radical (unpaired) electrons. The van der Waals surface area contributed by atoms with Crippen molar-refractivity contribution in [2.75, 3.05) is 10.0 Å². The van der Waals surface area contributed by atoms with Gasteiger partial charge >= 0.3 is 0 Å². The lowest BCUT2D eigenvalue weighted by Gasteiger charge is -2.46. The number of para-hydroxylation sites is 2. The molecule has 0 fully saturated rings. The number of fused-ring (bicyclic) bond motifs is 2. The summed E-state index contributed by atoms with van der Waals surface area (Å²) in [5, 5.41) is 14.2. The van der Waals surface area contributed by atoms with E-state index in [1.54, 1.807) is 6.92 Å². The number of benzene rings is 3. The van der Waals surface area contributed by atoms with Gasteiger partial charge in [-0.05, 0) is 43.0 Å². The van der Waals surface area contributed by atoms with Crippen molar-refractivity contribution in [3.8, 4) is 0 Å². The van der Waals surface area contributed by atoms with Gasteiger partial charge in [0.05, 0.1) is 17.1 Å². The third kappa shape index (κ3) is 2.75. The minimum atomic E-state index is -0.847. The van der Waals surface area contributed by atoms with Crippen LogP contribution in [-0.2, 0) is 9.79 Å². The monoisotopic (exact) mass is 412 g/mol.